The van der Waals surface area contributed by atoms with E-state index >= 15 is 0 Å². The van der Waals surface area contributed by atoms with Gasteiger partial charge in [-0.15, -0.1) is 0 Å². The van der Waals surface area contributed by atoms with Crippen molar-refractivity contribution in [3.8, 4) is 0 Å². The lowest BCUT2D eigenvalue weighted by Gasteiger charge is -2.32. The van der Waals surface area contributed by atoms with Crippen molar-refractivity contribution in [2.45, 2.75) is 23.5 Å². The molecule has 0 radical (unpaired) electrons. The Balaban J connectivity index is 2.12. The quantitative estimate of drug-likeness (QED) is 0.508. The van der Waals surface area contributed by atoms with Crippen molar-refractivity contribution in [2.24, 2.45) is 0 Å². The monoisotopic (exact) mass is 246 g/mol. The lowest BCUT2D eigenvalue weighted by atomic mass is 10.1. The van der Waals surface area contributed by atoms with Gasteiger partial charge in [-0.3, -0.25) is 4.79 Å². The molecule has 2 nitrogen and oxygen atoms in total. The Morgan fingerprint density at radius 1 is 1.35 bits per heavy atom. The Kier molecular flexibility index (Phi) is 2.51. The molecule has 0 spiro atoms. The van der Waals surface area contributed by atoms with Crippen LogP contribution in [0.2, 0.25) is 0 Å². The summed E-state index contributed by atoms with van der Waals surface area (Å²) in [5, 5.41) is 0.180. The number of benzene rings is 1. The molecule has 3 rings (SSSR count). The molecule has 0 N–H and O–H groups in total. The van der Waals surface area contributed by atoms with E-state index in [4.69, 9.17) is 0 Å². The number of para-hydroxylation sites is 1. The van der Waals surface area contributed by atoms with Crippen LogP contribution in [-0.4, -0.2) is 24.0 Å². The summed E-state index contributed by atoms with van der Waals surface area (Å²) in [6.45, 7) is 2.13. The number of fused-ring (bicyclic) bond motifs is 3. The van der Waals surface area contributed by atoms with Crippen molar-refractivity contribution in [1.29, 1.82) is 0 Å². The maximum atomic E-state index is 12.4. The molecule has 88 valence electrons. The molecule has 2 heterocycles. The molecule has 2 aliphatic heterocycles. The van der Waals surface area contributed by atoms with Gasteiger partial charge >= 0.3 is 0 Å². The van der Waals surface area contributed by atoms with Crippen LogP contribution in [0.5, 0.6) is 0 Å². The van der Waals surface area contributed by atoms with E-state index in [0.717, 1.165) is 17.9 Å². The summed E-state index contributed by atoms with van der Waals surface area (Å²) in [4.78, 5) is 15.6. The number of anilines is 1. The molecule has 17 heavy (non-hydrogen) atoms. The molecule has 0 saturated carbocycles. The van der Waals surface area contributed by atoms with Gasteiger partial charge in [0.1, 0.15) is 5.75 Å². The maximum Gasteiger partial charge on any atom is 0.280 e. The van der Waals surface area contributed by atoms with Crippen LogP contribution >= 0.6 is 0 Å². The first-order valence-electron chi connectivity index (χ1n) is 5.90. The molecule has 0 aromatic heterocycles. The molecule has 1 aromatic rings. The van der Waals surface area contributed by atoms with Crippen molar-refractivity contribution in [3.05, 3.63) is 35.9 Å². The summed E-state index contributed by atoms with van der Waals surface area (Å²) in [5.74, 6) is 1.33. The first-order valence-corrected chi connectivity index (χ1v) is 7.36. The highest BCUT2D eigenvalue weighted by Gasteiger charge is 2.47. The van der Waals surface area contributed by atoms with Gasteiger partial charge < -0.3 is 4.90 Å². The van der Waals surface area contributed by atoms with E-state index in [1.165, 1.54) is 10.5 Å². The Hall–Kier alpha value is -1.22. The van der Waals surface area contributed by atoms with Crippen LogP contribution in [0.15, 0.2) is 40.8 Å². The average molecular weight is 246 g/mol. The van der Waals surface area contributed by atoms with Gasteiger partial charge in [-0.05, 0) is 25.1 Å². The molecule has 0 saturated heterocycles. The molecule has 3 heteroatoms. The van der Waals surface area contributed by atoms with Crippen LogP contribution < -0.4 is 4.90 Å². The molecule has 1 aromatic carbocycles. The third kappa shape index (κ3) is 1.61. The number of amides is 1. The fourth-order valence-corrected chi connectivity index (χ4v) is 5.34. The first kappa shape index (κ1) is 10.9. The van der Waals surface area contributed by atoms with Gasteiger partial charge in [0, 0.05) is 24.4 Å². The van der Waals surface area contributed by atoms with Crippen LogP contribution in [0.25, 0.3) is 0 Å². The molecular weight excluding hydrogens is 230 g/mol. The maximum absolute atomic E-state index is 12.4. The second-order valence-corrected chi connectivity index (χ2v) is 6.90. The highest BCUT2D eigenvalue weighted by molar-refractivity contribution is 7.98. The molecule has 2 aliphatic rings. The highest BCUT2D eigenvalue weighted by atomic mass is 32.2. The standard InChI is InChI=1S/C14H16NOS/c1-10-7-8-17-12-6-4-3-5-11(12)15(2)14(16)13(17)9-10/h3-7,13H,8-9H2,1-2H3/q+1. The van der Waals surface area contributed by atoms with Crippen molar-refractivity contribution >= 4 is 22.5 Å². The number of nitrogens with zero attached hydrogens (tertiary/aromatic N) is 1. The second kappa shape index (κ2) is 3.91. The van der Waals surface area contributed by atoms with E-state index < -0.39 is 0 Å². The molecule has 0 bridgehead atoms. The Morgan fingerprint density at radius 2 is 2.12 bits per heavy atom. The van der Waals surface area contributed by atoms with E-state index in [1.807, 2.05) is 18.0 Å². The van der Waals surface area contributed by atoms with Gasteiger partial charge in [-0.2, -0.15) is 0 Å². The average Bonchev–Trinajstić information content (AvgIpc) is 2.36. The molecule has 2 unspecified atom stereocenters. The Labute approximate surface area is 105 Å². The fraction of sp³-hybridized carbons (Fsp3) is 0.357. The van der Waals surface area contributed by atoms with E-state index in [2.05, 4.69) is 31.2 Å². The van der Waals surface area contributed by atoms with Crippen LogP contribution in [0, 0.1) is 0 Å². The lowest BCUT2D eigenvalue weighted by Crippen LogP contribution is -2.48. The Bertz CT molecular complexity index is 509. The predicted octanol–water partition coefficient (Wildman–Crippen LogP) is 2.36. The van der Waals surface area contributed by atoms with E-state index in [-0.39, 0.29) is 16.1 Å². The van der Waals surface area contributed by atoms with Crippen molar-refractivity contribution in [2.75, 3.05) is 17.7 Å². The number of carbonyl (C=O) groups excluding carboxylic acids is 1. The topological polar surface area (TPSA) is 20.3 Å². The third-order valence-corrected chi connectivity index (χ3v) is 6.07. The normalized spacial score (nSPS) is 27.3. The summed E-state index contributed by atoms with van der Waals surface area (Å²) in [6, 6.07) is 8.33. The van der Waals surface area contributed by atoms with Crippen molar-refractivity contribution < 1.29 is 4.79 Å². The minimum atomic E-state index is 0.0834. The number of rotatable bonds is 0. The highest BCUT2D eigenvalue weighted by Crippen LogP contribution is 2.39. The van der Waals surface area contributed by atoms with Crippen molar-refractivity contribution in [1.82, 2.24) is 0 Å². The smallest absolute Gasteiger partial charge is 0.280 e. The molecule has 0 fully saturated rings. The van der Waals surface area contributed by atoms with Gasteiger partial charge in [0.25, 0.3) is 5.91 Å². The van der Waals surface area contributed by atoms with Gasteiger partial charge in [0.05, 0.1) is 5.69 Å². The summed E-state index contributed by atoms with van der Waals surface area (Å²) in [6.07, 6.45) is 3.23. The second-order valence-electron chi connectivity index (χ2n) is 4.70. The number of allylic oxidation sites excluding steroid dienone is 1. The van der Waals surface area contributed by atoms with E-state index in [1.54, 1.807) is 0 Å². The van der Waals surface area contributed by atoms with Gasteiger partial charge in [-0.25, -0.2) is 0 Å². The molecule has 2 atom stereocenters. The first-order chi connectivity index (χ1) is 8.18. The van der Waals surface area contributed by atoms with Crippen LogP contribution in [-0.2, 0) is 15.7 Å². The molecule has 0 aliphatic carbocycles. The largest absolute Gasteiger partial charge is 0.307 e. The Morgan fingerprint density at radius 3 is 2.94 bits per heavy atom. The predicted molar refractivity (Wildman–Crippen MR) is 72.5 cm³/mol. The van der Waals surface area contributed by atoms with Crippen LogP contribution in [0.3, 0.4) is 0 Å². The summed E-state index contributed by atoms with van der Waals surface area (Å²) in [7, 11) is 1.98. The fourth-order valence-electron chi connectivity index (χ4n) is 2.57. The van der Waals surface area contributed by atoms with Gasteiger partial charge in [0.15, 0.2) is 4.90 Å². The van der Waals surface area contributed by atoms with Crippen LogP contribution in [0.1, 0.15) is 13.3 Å². The van der Waals surface area contributed by atoms with Gasteiger partial charge in [-0.1, -0.05) is 17.7 Å². The summed E-state index contributed by atoms with van der Waals surface area (Å²) in [5.41, 5.74) is 2.46. The minimum Gasteiger partial charge on any atom is -0.307 e. The van der Waals surface area contributed by atoms with Crippen molar-refractivity contribution in [3.63, 3.8) is 0 Å². The zero-order valence-corrected chi connectivity index (χ0v) is 11.0. The number of hydrogen-bond acceptors (Lipinski definition) is 1. The van der Waals surface area contributed by atoms with E-state index in [0.29, 0.717) is 5.91 Å². The zero-order valence-electron chi connectivity index (χ0n) is 10.1. The SMILES string of the molecule is CC1=CC[S+]2c3ccccc3N(C)C(=O)C2C1. The lowest BCUT2D eigenvalue weighted by molar-refractivity contribution is -0.118. The number of carbonyl (C=O) groups is 1. The molecular formula is C14H16NOS+. The van der Waals surface area contributed by atoms with E-state index in [9.17, 15) is 4.79 Å². The number of hydrogen-bond donors (Lipinski definition) is 0. The minimum absolute atomic E-state index is 0.0834. The summed E-state index contributed by atoms with van der Waals surface area (Å²) < 4.78 is 0. The van der Waals surface area contributed by atoms with Crippen LogP contribution in [0.4, 0.5) is 5.69 Å². The zero-order chi connectivity index (χ0) is 12.0. The molecule has 1 amide bonds. The summed E-state index contributed by atoms with van der Waals surface area (Å²) >= 11 is 0. The third-order valence-electron chi connectivity index (χ3n) is 3.58. The van der Waals surface area contributed by atoms with Gasteiger partial charge in [0.2, 0.25) is 5.25 Å².